The monoisotopic (exact) mass is 314 g/mol. The molecule has 1 aromatic carbocycles. The minimum atomic E-state index is -4.64. The van der Waals surface area contributed by atoms with Crippen molar-refractivity contribution in [1.29, 1.82) is 0 Å². The number of rotatable bonds is 3. The summed E-state index contributed by atoms with van der Waals surface area (Å²) in [6.07, 6.45) is -1.19. The molecule has 2 saturated heterocycles. The van der Waals surface area contributed by atoms with Gasteiger partial charge < -0.3 is 10.1 Å². The van der Waals surface area contributed by atoms with Crippen molar-refractivity contribution in [3.05, 3.63) is 29.8 Å². The maximum atomic E-state index is 12.5. The Balaban J connectivity index is 1.66. The van der Waals surface area contributed by atoms with Gasteiger partial charge in [0, 0.05) is 18.7 Å². The molecule has 3 nitrogen and oxygen atoms in total. The third-order valence-corrected chi connectivity index (χ3v) is 4.77. The number of hydrogen-bond donors (Lipinski definition) is 1. The number of nitrogens with zero attached hydrogens (tertiary/aromatic N) is 1. The maximum absolute atomic E-state index is 12.5. The Hall–Kier alpha value is -1.27. The van der Waals surface area contributed by atoms with E-state index in [-0.39, 0.29) is 5.75 Å². The van der Waals surface area contributed by atoms with Gasteiger partial charge in [0.25, 0.3) is 0 Å². The Labute approximate surface area is 128 Å². The van der Waals surface area contributed by atoms with Gasteiger partial charge in [-0.2, -0.15) is 0 Å². The van der Waals surface area contributed by atoms with Crippen LogP contribution in [0.15, 0.2) is 24.3 Å². The van der Waals surface area contributed by atoms with Crippen LogP contribution in [0.3, 0.4) is 0 Å². The number of alkyl halides is 3. The van der Waals surface area contributed by atoms with E-state index in [2.05, 4.69) is 15.0 Å². The Morgan fingerprint density at radius 2 is 1.86 bits per heavy atom. The van der Waals surface area contributed by atoms with E-state index in [1.807, 2.05) is 0 Å². The van der Waals surface area contributed by atoms with Crippen LogP contribution in [0.2, 0.25) is 0 Å². The largest absolute Gasteiger partial charge is 0.573 e. The molecule has 2 aliphatic rings. The van der Waals surface area contributed by atoms with Crippen molar-refractivity contribution in [2.45, 2.75) is 32.2 Å². The summed E-state index contributed by atoms with van der Waals surface area (Å²) in [7, 11) is 0. The minimum absolute atomic E-state index is 0.0822. The fourth-order valence-electron chi connectivity index (χ4n) is 3.63. The normalized spacial score (nSPS) is 22.1. The highest BCUT2D eigenvalue weighted by Crippen LogP contribution is 2.39. The molecular weight excluding hydrogens is 293 g/mol. The Bertz CT molecular complexity index is 512. The van der Waals surface area contributed by atoms with Gasteiger partial charge in [-0.05, 0) is 50.4 Å². The molecule has 2 fully saturated rings. The molecule has 3 rings (SSSR count). The highest BCUT2D eigenvalue weighted by molar-refractivity contribution is 5.33. The molecule has 1 N–H and O–H groups in total. The van der Waals surface area contributed by atoms with Crippen molar-refractivity contribution in [3.8, 4) is 5.75 Å². The van der Waals surface area contributed by atoms with Crippen molar-refractivity contribution in [2.24, 2.45) is 5.41 Å². The third-order valence-electron chi connectivity index (χ3n) is 4.77. The highest BCUT2D eigenvalue weighted by atomic mass is 19.4. The molecule has 6 heteroatoms. The van der Waals surface area contributed by atoms with Gasteiger partial charge in [-0.15, -0.1) is 13.2 Å². The minimum Gasteiger partial charge on any atom is -0.405 e. The lowest BCUT2D eigenvalue weighted by atomic mass is 9.78. The number of nitrogens with one attached hydrogen (secondary N) is 1. The molecule has 0 aromatic heterocycles. The van der Waals surface area contributed by atoms with Gasteiger partial charge in [0.1, 0.15) is 5.75 Å². The van der Waals surface area contributed by atoms with Crippen LogP contribution >= 0.6 is 0 Å². The van der Waals surface area contributed by atoms with Crippen LogP contribution in [-0.2, 0) is 6.54 Å². The lowest BCUT2D eigenvalue weighted by Gasteiger charge is -2.34. The predicted octanol–water partition coefficient (Wildman–Crippen LogP) is 3.16. The Morgan fingerprint density at radius 3 is 2.59 bits per heavy atom. The van der Waals surface area contributed by atoms with Gasteiger partial charge in [0.15, 0.2) is 0 Å². The molecule has 0 bridgehead atoms. The van der Waals surface area contributed by atoms with E-state index >= 15 is 0 Å². The molecule has 0 unspecified atom stereocenters. The van der Waals surface area contributed by atoms with E-state index in [9.17, 15) is 13.2 Å². The lowest BCUT2D eigenvalue weighted by molar-refractivity contribution is -0.275. The average molecular weight is 314 g/mol. The van der Waals surface area contributed by atoms with Crippen LogP contribution in [0.25, 0.3) is 0 Å². The average Bonchev–Trinajstić information content (AvgIpc) is 2.83. The maximum Gasteiger partial charge on any atom is 0.573 e. The van der Waals surface area contributed by atoms with E-state index in [1.165, 1.54) is 6.07 Å². The summed E-state index contributed by atoms with van der Waals surface area (Å²) >= 11 is 0. The summed E-state index contributed by atoms with van der Waals surface area (Å²) in [6, 6.07) is 6.44. The van der Waals surface area contributed by atoms with Crippen molar-refractivity contribution in [3.63, 3.8) is 0 Å². The molecule has 0 radical (unpaired) electrons. The topological polar surface area (TPSA) is 24.5 Å². The van der Waals surface area contributed by atoms with E-state index in [0.29, 0.717) is 17.5 Å². The van der Waals surface area contributed by atoms with E-state index in [4.69, 9.17) is 0 Å². The second kappa shape index (κ2) is 6.08. The predicted molar refractivity (Wildman–Crippen MR) is 77.6 cm³/mol. The number of hydrogen-bond acceptors (Lipinski definition) is 3. The van der Waals surface area contributed by atoms with Gasteiger partial charge in [0.2, 0.25) is 0 Å². The molecule has 0 amide bonds. The Morgan fingerprint density at radius 1 is 1.14 bits per heavy atom. The van der Waals surface area contributed by atoms with Crippen LogP contribution in [0.4, 0.5) is 13.2 Å². The standard InChI is InChI=1S/C16H21F3N2O/c17-16(18,19)22-14-4-2-1-3-13(14)11-21-10-7-15(12-21)5-8-20-9-6-15/h1-4,20H,5-12H2. The molecule has 1 aromatic rings. The lowest BCUT2D eigenvalue weighted by Crippen LogP contribution is -2.38. The summed E-state index contributed by atoms with van der Waals surface area (Å²) in [5.41, 5.74) is 0.955. The molecule has 2 aliphatic heterocycles. The molecular formula is C16H21F3N2O. The van der Waals surface area contributed by atoms with Gasteiger partial charge in [0.05, 0.1) is 0 Å². The van der Waals surface area contributed by atoms with Gasteiger partial charge in [-0.3, -0.25) is 4.90 Å². The first kappa shape index (κ1) is 15.6. The second-order valence-electron chi connectivity index (χ2n) is 6.37. The number of likely N-dealkylation sites (tertiary alicyclic amines) is 1. The molecule has 0 atom stereocenters. The summed E-state index contributed by atoms with van der Waals surface area (Å²) in [4.78, 5) is 2.25. The van der Waals surface area contributed by atoms with Gasteiger partial charge in [-0.1, -0.05) is 18.2 Å². The number of para-hydroxylation sites is 1. The smallest absolute Gasteiger partial charge is 0.405 e. The molecule has 22 heavy (non-hydrogen) atoms. The first-order chi connectivity index (χ1) is 10.5. The summed E-state index contributed by atoms with van der Waals surface area (Å²) in [5.74, 6) is -0.0822. The fourth-order valence-corrected chi connectivity index (χ4v) is 3.63. The van der Waals surface area contributed by atoms with E-state index < -0.39 is 6.36 Å². The van der Waals surface area contributed by atoms with Crippen LogP contribution in [0.5, 0.6) is 5.75 Å². The molecule has 2 heterocycles. The zero-order valence-electron chi connectivity index (χ0n) is 12.5. The van der Waals surface area contributed by atoms with Gasteiger partial charge in [-0.25, -0.2) is 0 Å². The van der Waals surface area contributed by atoms with Crippen LogP contribution in [0.1, 0.15) is 24.8 Å². The summed E-state index contributed by atoms with van der Waals surface area (Å²) in [6.45, 7) is 4.51. The Kier molecular flexibility index (Phi) is 4.32. The third kappa shape index (κ3) is 3.73. The van der Waals surface area contributed by atoms with Crippen molar-refractivity contribution in [1.82, 2.24) is 10.2 Å². The number of benzene rings is 1. The molecule has 0 saturated carbocycles. The van der Waals surface area contributed by atoms with Crippen LogP contribution in [-0.4, -0.2) is 37.4 Å². The number of piperidine rings is 1. The fraction of sp³-hybridized carbons (Fsp3) is 0.625. The van der Waals surface area contributed by atoms with Gasteiger partial charge >= 0.3 is 6.36 Å². The second-order valence-corrected chi connectivity index (χ2v) is 6.37. The van der Waals surface area contributed by atoms with Crippen molar-refractivity contribution >= 4 is 0 Å². The number of halogens is 3. The van der Waals surface area contributed by atoms with Crippen LogP contribution in [0, 0.1) is 5.41 Å². The van der Waals surface area contributed by atoms with E-state index in [1.54, 1.807) is 18.2 Å². The summed E-state index contributed by atoms with van der Waals surface area (Å²) in [5, 5.41) is 3.37. The first-order valence-corrected chi connectivity index (χ1v) is 7.73. The first-order valence-electron chi connectivity index (χ1n) is 7.73. The zero-order valence-corrected chi connectivity index (χ0v) is 12.5. The van der Waals surface area contributed by atoms with E-state index in [0.717, 1.165) is 45.4 Å². The molecule has 122 valence electrons. The summed E-state index contributed by atoms with van der Waals surface area (Å²) < 4.78 is 41.6. The van der Waals surface area contributed by atoms with Crippen molar-refractivity contribution < 1.29 is 17.9 Å². The number of ether oxygens (including phenoxy) is 1. The highest BCUT2D eigenvalue weighted by Gasteiger charge is 2.39. The van der Waals surface area contributed by atoms with Crippen LogP contribution < -0.4 is 10.1 Å². The molecule has 1 spiro atoms. The SMILES string of the molecule is FC(F)(F)Oc1ccccc1CN1CCC2(CCNCC2)C1. The van der Waals surface area contributed by atoms with Crippen molar-refractivity contribution in [2.75, 3.05) is 26.2 Å². The molecule has 0 aliphatic carbocycles. The zero-order chi connectivity index (χ0) is 15.6. The quantitative estimate of drug-likeness (QED) is 0.927.